The molecule has 30 heavy (non-hydrogen) atoms. The quantitative estimate of drug-likeness (QED) is 0.679. The Hall–Kier alpha value is -2.24. The maximum atomic E-state index is 13.0. The summed E-state index contributed by atoms with van der Waals surface area (Å²) in [7, 11) is 1.65. The molecule has 2 fully saturated rings. The lowest BCUT2D eigenvalue weighted by Crippen LogP contribution is -2.47. The Morgan fingerprint density at radius 2 is 2.03 bits per heavy atom. The minimum atomic E-state index is -0.823. The van der Waals surface area contributed by atoms with Crippen LogP contribution in [0.25, 0.3) is 0 Å². The number of fused-ring (bicyclic) bond motifs is 1. The number of carbonyl (C=O) groups excluding carboxylic acids is 1. The molecule has 1 aliphatic heterocycles. The Morgan fingerprint density at radius 1 is 1.23 bits per heavy atom. The number of hydrogen-bond acceptors (Lipinski definition) is 4. The Labute approximate surface area is 177 Å². The van der Waals surface area contributed by atoms with Crippen molar-refractivity contribution in [3.05, 3.63) is 65.5 Å². The molecule has 5 heteroatoms. The van der Waals surface area contributed by atoms with E-state index in [1.165, 1.54) is 12.1 Å². The van der Waals surface area contributed by atoms with E-state index in [-0.39, 0.29) is 17.5 Å². The van der Waals surface area contributed by atoms with Gasteiger partial charge in [-0.15, -0.1) is 0 Å². The standard InChI is InChI=1S/C25H30FNO3/c1-30-21-6-2-5-19(17-21)25(29)14-3-7-23-22(25)13-16-27(23)15-4-8-24(28)18-9-11-20(26)12-10-18/h2,5-6,9-12,17,22-23,29H,3-4,7-8,13-16H2,1H3. The van der Waals surface area contributed by atoms with E-state index in [4.69, 9.17) is 4.74 Å². The largest absolute Gasteiger partial charge is 0.497 e. The summed E-state index contributed by atoms with van der Waals surface area (Å²) >= 11 is 0. The van der Waals surface area contributed by atoms with Crippen molar-refractivity contribution < 1.29 is 19.0 Å². The molecule has 1 saturated heterocycles. The second-order valence-electron chi connectivity index (χ2n) is 8.58. The normalized spacial score (nSPS) is 26.4. The van der Waals surface area contributed by atoms with Crippen molar-refractivity contribution in [2.45, 2.75) is 50.2 Å². The molecule has 3 atom stereocenters. The van der Waals surface area contributed by atoms with Gasteiger partial charge in [0.05, 0.1) is 12.7 Å². The second-order valence-corrected chi connectivity index (χ2v) is 8.58. The highest BCUT2D eigenvalue weighted by Gasteiger charge is 2.50. The van der Waals surface area contributed by atoms with Crippen molar-refractivity contribution in [3.63, 3.8) is 0 Å². The molecule has 160 valence electrons. The number of methoxy groups -OCH3 is 1. The molecule has 0 aromatic heterocycles. The predicted octanol–water partition coefficient (Wildman–Crippen LogP) is 4.56. The van der Waals surface area contributed by atoms with E-state index in [1.807, 2.05) is 24.3 Å². The van der Waals surface area contributed by atoms with Crippen LogP contribution >= 0.6 is 0 Å². The molecule has 0 radical (unpaired) electrons. The van der Waals surface area contributed by atoms with E-state index >= 15 is 0 Å². The van der Waals surface area contributed by atoms with Gasteiger partial charge in [0.2, 0.25) is 0 Å². The summed E-state index contributed by atoms with van der Waals surface area (Å²) in [5.74, 6) is 0.709. The number of halogens is 1. The van der Waals surface area contributed by atoms with Crippen LogP contribution in [0.4, 0.5) is 4.39 Å². The molecule has 1 saturated carbocycles. The first kappa shape index (κ1) is 21.0. The van der Waals surface area contributed by atoms with Gasteiger partial charge >= 0.3 is 0 Å². The number of benzene rings is 2. The Kier molecular flexibility index (Phi) is 6.21. The van der Waals surface area contributed by atoms with E-state index in [0.717, 1.165) is 56.5 Å². The van der Waals surface area contributed by atoms with Crippen molar-refractivity contribution in [3.8, 4) is 5.75 Å². The van der Waals surface area contributed by atoms with E-state index in [1.54, 1.807) is 19.2 Å². The number of ketones is 1. The van der Waals surface area contributed by atoms with Crippen LogP contribution in [0.2, 0.25) is 0 Å². The van der Waals surface area contributed by atoms with Crippen LogP contribution in [-0.4, -0.2) is 42.0 Å². The van der Waals surface area contributed by atoms with Gasteiger partial charge in [-0.2, -0.15) is 0 Å². The number of carbonyl (C=O) groups is 1. The van der Waals surface area contributed by atoms with Gasteiger partial charge in [-0.25, -0.2) is 4.39 Å². The number of aliphatic hydroxyl groups is 1. The molecule has 0 bridgehead atoms. The third-order valence-electron chi connectivity index (χ3n) is 6.92. The van der Waals surface area contributed by atoms with E-state index in [9.17, 15) is 14.3 Å². The van der Waals surface area contributed by atoms with Gasteiger partial charge in [-0.05, 0) is 87.2 Å². The molecule has 4 nitrogen and oxygen atoms in total. The molecular formula is C25H30FNO3. The number of ether oxygens (including phenoxy) is 1. The van der Waals surface area contributed by atoms with Crippen molar-refractivity contribution >= 4 is 5.78 Å². The lowest BCUT2D eigenvalue weighted by molar-refractivity contribution is -0.0685. The average Bonchev–Trinajstić information content (AvgIpc) is 3.19. The maximum absolute atomic E-state index is 13.0. The summed E-state index contributed by atoms with van der Waals surface area (Å²) in [6.07, 6.45) is 5.04. The number of likely N-dealkylation sites (tertiary alicyclic amines) is 1. The fourth-order valence-electron chi connectivity index (χ4n) is 5.38. The zero-order valence-electron chi connectivity index (χ0n) is 17.5. The minimum absolute atomic E-state index is 0.0577. The molecule has 1 aliphatic carbocycles. The third-order valence-corrected chi connectivity index (χ3v) is 6.92. The first-order chi connectivity index (χ1) is 14.5. The molecule has 1 heterocycles. The molecule has 1 N–H and O–H groups in total. The first-order valence-corrected chi connectivity index (χ1v) is 10.9. The second kappa shape index (κ2) is 8.86. The highest BCUT2D eigenvalue weighted by molar-refractivity contribution is 5.95. The van der Waals surface area contributed by atoms with Crippen LogP contribution in [0.15, 0.2) is 48.5 Å². The molecular weight excluding hydrogens is 381 g/mol. The first-order valence-electron chi connectivity index (χ1n) is 10.9. The fraction of sp³-hybridized carbons (Fsp3) is 0.480. The molecule has 0 amide bonds. The van der Waals surface area contributed by atoms with Gasteiger partial charge in [-0.1, -0.05) is 12.1 Å². The molecule has 3 unspecified atom stereocenters. The molecule has 4 rings (SSSR count). The van der Waals surface area contributed by atoms with Gasteiger partial charge < -0.3 is 9.84 Å². The van der Waals surface area contributed by atoms with Crippen molar-refractivity contribution in [1.82, 2.24) is 4.90 Å². The number of hydrogen-bond donors (Lipinski definition) is 1. The zero-order chi connectivity index (χ0) is 21.1. The topological polar surface area (TPSA) is 49.8 Å². The number of rotatable bonds is 7. The number of Topliss-reactive ketones (excluding diaryl/α,β-unsaturated/α-hetero) is 1. The Bertz CT molecular complexity index is 884. The van der Waals surface area contributed by atoms with Crippen LogP contribution in [0.1, 0.15) is 54.4 Å². The fourth-order valence-corrected chi connectivity index (χ4v) is 5.38. The van der Waals surface area contributed by atoms with Crippen molar-refractivity contribution in [2.24, 2.45) is 5.92 Å². The summed E-state index contributed by atoms with van der Waals surface area (Å²) in [4.78, 5) is 14.8. The lowest BCUT2D eigenvalue weighted by atomic mass is 9.69. The van der Waals surface area contributed by atoms with Crippen molar-refractivity contribution in [1.29, 1.82) is 0 Å². The van der Waals surface area contributed by atoms with Crippen LogP contribution in [-0.2, 0) is 5.60 Å². The van der Waals surface area contributed by atoms with Crippen LogP contribution in [0.3, 0.4) is 0 Å². The van der Waals surface area contributed by atoms with Gasteiger partial charge in [0.15, 0.2) is 5.78 Å². The summed E-state index contributed by atoms with van der Waals surface area (Å²) in [6.45, 7) is 1.80. The summed E-state index contributed by atoms with van der Waals surface area (Å²) in [5.41, 5.74) is 0.696. The smallest absolute Gasteiger partial charge is 0.162 e. The van der Waals surface area contributed by atoms with Gasteiger partial charge in [0, 0.05) is 23.9 Å². The van der Waals surface area contributed by atoms with Crippen LogP contribution in [0.5, 0.6) is 5.75 Å². The number of nitrogens with zero attached hydrogens (tertiary/aromatic N) is 1. The highest BCUT2D eigenvalue weighted by atomic mass is 19.1. The highest BCUT2D eigenvalue weighted by Crippen LogP contribution is 2.48. The predicted molar refractivity (Wildman–Crippen MR) is 114 cm³/mol. The minimum Gasteiger partial charge on any atom is -0.497 e. The third kappa shape index (κ3) is 4.14. The van der Waals surface area contributed by atoms with Crippen LogP contribution in [0, 0.1) is 11.7 Å². The molecule has 0 spiro atoms. The SMILES string of the molecule is COc1cccc(C2(O)CCCC3C2CCN3CCCC(=O)c2ccc(F)cc2)c1. The summed E-state index contributed by atoms with van der Waals surface area (Å²) in [5, 5.41) is 11.7. The van der Waals surface area contributed by atoms with Gasteiger partial charge in [-0.3, -0.25) is 9.69 Å². The molecule has 2 aromatic rings. The zero-order valence-corrected chi connectivity index (χ0v) is 17.5. The Balaban J connectivity index is 1.38. The summed E-state index contributed by atoms with van der Waals surface area (Å²) in [6, 6.07) is 13.9. The van der Waals surface area contributed by atoms with E-state index < -0.39 is 5.60 Å². The lowest BCUT2D eigenvalue weighted by Gasteiger charge is -2.44. The average molecular weight is 412 g/mol. The van der Waals surface area contributed by atoms with E-state index in [2.05, 4.69) is 4.90 Å². The monoisotopic (exact) mass is 411 g/mol. The van der Waals surface area contributed by atoms with Gasteiger partial charge in [0.25, 0.3) is 0 Å². The summed E-state index contributed by atoms with van der Waals surface area (Å²) < 4.78 is 18.4. The maximum Gasteiger partial charge on any atom is 0.162 e. The molecule has 2 aliphatic rings. The van der Waals surface area contributed by atoms with E-state index in [0.29, 0.717) is 18.0 Å². The molecule has 2 aromatic carbocycles. The van der Waals surface area contributed by atoms with Crippen LogP contribution < -0.4 is 4.74 Å². The van der Waals surface area contributed by atoms with Gasteiger partial charge in [0.1, 0.15) is 11.6 Å². The van der Waals surface area contributed by atoms with Crippen molar-refractivity contribution in [2.75, 3.05) is 20.2 Å². The Morgan fingerprint density at radius 3 is 2.80 bits per heavy atom.